The molecule has 4 heteroatoms. The second kappa shape index (κ2) is 16.4. The van der Waals surface area contributed by atoms with E-state index in [1.54, 1.807) is 0 Å². The van der Waals surface area contributed by atoms with Crippen molar-refractivity contribution in [1.82, 2.24) is 0 Å². The average molecular weight is 635 g/mol. The van der Waals surface area contributed by atoms with Gasteiger partial charge >= 0.3 is 276 Å². The summed E-state index contributed by atoms with van der Waals surface area (Å²) in [6.45, 7) is 16.9. The normalized spacial score (nSPS) is 12.7. The van der Waals surface area contributed by atoms with Crippen LogP contribution >= 0.6 is 6.83 Å². The molecule has 3 rings (SSSR count). The maximum atomic E-state index is 10.5. The number of rotatable bonds is 18. The van der Waals surface area contributed by atoms with E-state index < -0.39 is 6.83 Å². The fourth-order valence-electron chi connectivity index (χ4n) is 7.39. The van der Waals surface area contributed by atoms with Crippen LogP contribution in [0, 0.1) is 34.6 Å². The molecule has 3 aromatic rings. The summed E-state index contributed by atoms with van der Waals surface area (Å²) in [6, 6.07) is 13.3. The monoisotopic (exact) mass is 634 g/mol. The Morgan fingerprint density at radius 3 is 1.11 bits per heavy atom. The van der Waals surface area contributed by atoms with Crippen molar-refractivity contribution < 1.29 is 14.7 Å². The van der Waals surface area contributed by atoms with Crippen molar-refractivity contribution in [3.05, 3.63) is 86.5 Å². The number of hydrogen-bond donors (Lipinski definition) is 2. The van der Waals surface area contributed by atoms with Gasteiger partial charge in [-0.1, -0.05) is 0 Å². The molecule has 0 heterocycles. The van der Waals surface area contributed by atoms with E-state index in [1.165, 1.54) is 104 Å². The standard InChI is InChI=1S/C41H63O3P/c1-10-14-18-45(19-15-11-2,20-16-12-3,21-17-13-4)44-41-37(28-35-24-31(6)39(42)32(7)25-35)22-30(5)23-38(41)29-36-26-33(8)40(43)34(9)27-36/h22-27,42-43H,10-21,28-29H2,1-9H3. The predicted octanol–water partition coefficient (Wildman–Crippen LogP) is 11.9. The molecule has 0 fully saturated rings. The van der Waals surface area contributed by atoms with Crippen LogP contribution in [0.3, 0.4) is 0 Å². The minimum absolute atomic E-state index is 0.390. The molecule has 0 atom stereocenters. The Hall–Kier alpha value is -2.51. The van der Waals surface area contributed by atoms with Crippen molar-refractivity contribution in [2.75, 3.05) is 24.6 Å². The van der Waals surface area contributed by atoms with Gasteiger partial charge in [0.15, 0.2) is 0 Å². The van der Waals surface area contributed by atoms with Gasteiger partial charge in [-0.2, -0.15) is 0 Å². The average Bonchev–Trinajstić information content (AvgIpc) is 3.00. The molecular weight excluding hydrogens is 571 g/mol. The Kier molecular flexibility index (Phi) is 13.4. The van der Waals surface area contributed by atoms with Crippen molar-refractivity contribution in [3.8, 4) is 17.2 Å². The van der Waals surface area contributed by atoms with Gasteiger partial charge in [-0.25, -0.2) is 0 Å². The van der Waals surface area contributed by atoms with E-state index in [2.05, 4.69) is 71.0 Å². The van der Waals surface area contributed by atoms with Crippen LogP contribution in [0.25, 0.3) is 0 Å². The van der Waals surface area contributed by atoms with Gasteiger partial charge in [0.05, 0.1) is 0 Å². The Balaban J connectivity index is 2.33. The molecule has 0 amide bonds. The van der Waals surface area contributed by atoms with Crippen LogP contribution in [-0.2, 0) is 12.8 Å². The zero-order chi connectivity index (χ0) is 33.2. The molecule has 0 aliphatic rings. The summed E-state index contributed by atoms with van der Waals surface area (Å²) in [5.41, 5.74) is 9.89. The van der Waals surface area contributed by atoms with E-state index in [1.807, 2.05) is 27.7 Å². The number of phenols is 2. The first-order chi connectivity index (χ1) is 21.4. The van der Waals surface area contributed by atoms with Crippen LogP contribution in [0.4, 0.5) is 0 Å². The van der Waals surface area contributed by atoms with Crippen LogP contribution in [0.2, 0.25) is 0 Å². The molecule has 3 aromatic carbocycles. The van der Waals surface area contributed by atoms with Crippen molar-refractivity contribution in [2.45, 2.75) is 127 Å². The van der Waals surface area contributed by atoms with E-state index in [0.29, 0.717) is 11.5 Å². The number of hydrogen-bond acceptors (Lipinski definition) is 3. The van der Waals surface area contributed by atoms with Gasteiger partial charge in [0.2, 0.25) is 0 Å². The van der Waals surface area contributed by atoms with Crippen molar-refractivity contribution in [3.63, 3.8) is 0 Å². The molecule has 45 heavy (non-hydrogen) atoms. The molecule has 3 nitrogen and oxygen atoms in total. The summed E-state index contributed by atoms with van der Waals surface area (Å²) < 4.78 is 8.06. The third-order valence-electron chi connectivity index (χ3n) is 9.94. The van der Waals surface area contributed by atoms with Gasteiger partial charge in [0.25, 0.3) is 0 Å². The molecule has 250 valence electrons. The van der Waals surface area contributed by atoms with E-state index in [0.717, 1.165) is 40.8 Å². The third kappa shape index (κ3) is 9.28. The maximum absolute atomic E-state index is 10.5. The van der Waals surface area contributed by atoms with Crippen LogP contribution < -0.4 is 4.52 Å². The number of aromatic hydroxyl groups is 2. The molecule has 2 N–H and O–H groups in total. The van der Waals surface area contributed by atoms with Gasteiger partial charge in [0, 0.05) is 0 Å². The molecule has 0 saturated heterocycles. The first-order valence-corrected chi connectivity index (χ1v) is 20.7. The zero-order valence-electron chi connectivity index (χ0n) is 30.1. The molecule has 0 radical (unpaired) electrons. The van der Waals surface area contributed by atoms with E-state index in [9.17, 15) is 10.2 Å². The minimum atomic E-state index is -2.64. The molecule has 0 bridgehead atoms. The summed E-state index contributed by atoms with van der Waals surface area (Å²) >= 11 is 0. The van der Waals surface area contributed by atoms with Crippen molar-refractivity contribution >= 4 is 6.83 Å². The zero-order valence-corrected chi connectivity index (χ0v) is 31.0. The van der Waals surface area contributed by atoms with Crippen LogP contribution in [0.15, 0.2) is 36.4 Å². The van der Waals surface area contributed by atoms with Gasteiger partial charge < -0.3 is 0 Å². The van der Waals surface area contributed by atoms with Crippen LogP contribution in [0.5, 0.6) is 17.2 Å². The first kappa shape index (κ1) is 37.0. The van der Waals surface area contributed by atoms with E-state index in [-0.39, 0.29) is 0 Å². The van der Waals surface area contributed by atoms with Gasteiger partial charge in [-0.3, -0.25) is 0 Å². The van der Waals surface area contributed by atoms with Crippen molar-refractivity contribution in [2.24, 2.45) is 0 Å². The Bertz CT molecular complexity index is 1250. The van der Waals surface area contributed by atoms with E-state index >= 15 is 0 Å². The summed E-state index contributed by atoms with van der Waals surface area (Å²) in [5, 5.41) is 21.1. The summed E-state index contributed by atoms with van der Waals surface area (Å²) in [6.07, 6.45) is 16.0. The van der Waals surface area contributed by atoms with Crippen molar-refractivity contribution in [1.29, 1.82) is 0 Å². The fourth-order valence-corrected chi connectivity index (χ4v) is 14.3. The van der Waals surface area contributed by atoms with Gasteiger partial charge in [0.1, 0.15) is 0 Å². The second-order valence-corrected chi connectivity index (χ2v) is 19.9. The number of phenolic OH excluding ortho intramolecular Hbond substituents is 2. The predicted molar refractivity (Wildman–Crippen MR) is 199 cm³/mol. The Morgan fingerprint density at radius 2 is 0.822 bits per heavy atom. The molecule has 0 spiro atoms. The van der Waals surface area contributed by atoms with Crippen LogP contribution in [-0.4, -0.2) is 34.9 Å². The van der Waals surface area contributed by atoms with Gasteiger partial charge in [-0.05, 0) is 0 Å². The van der Waals surface area contributed by atoms with Crippen LogP contribution in [0.1, 0.15) is 129 Å². The molecule has 0 unspecified atom stereocenters. The topological polar surface area (TPSA) is 49.7 Å². The number of benzene rings is 3. The summed E-state index contributed by atoms with van der Waals surface area (Å²) in [7, 11) is 0. The Morgan fingerprint density at radius 1 is 0.511 bits per heavy atom. The first-order valence-electron chi connectivity index (χ1n) is 17.8. The Labute approximate surface area is 275 Å². The molecule has 0 aromatic heterocycles. The SMILES string of the molecule is CCCCP(CCCC)(CCCC)(CCCC)Oc1c(Cc2cc(C)c(O)c(C)c2)cc(C)cc1Cc1cc(C)c(O)c(C)c1. The number of aryl methyl sites for hydroxylation is 5. The molecule has 0 aliphatic heterocycles. The molecular formula is C41H63O3P. The fraction of sp³-hybridized carbons (Fsp3) is 0.561. The molecule has 0 saturated carbocycles. The summed E-state index contributed by atoms with van der Waals surface area (Å²) in [5.74, 6) is 1.90. The molecule has 0 aliphatic carbocycles. The second-order valence-electron chi connectivity index (χ2n) is 14.2. The quantitative estimate of drug-likeness (QED) is 0.137. The third-order valence-corrected chi connectivity index (χ3v) is 16.4. The summed E-state index contributed by atoms with van der Waals surface area (Å²) in [4.78, 5) is 0. The number of unbranched alkanes of at least 4 members (excludes halogenated alkanes) is 4. The van der Waals surface area contributed by atoms with E-state index in [4.69, 9.17) is 4.52 Å². The van der Waals surface area contributed by atoms with Gasteiger partial charge in [-0.15, -0.1) is 0 Å².